The lowest BCUT2D eigenvalue weighted by Gasteiger charge is -2.40. The first-order chi connectivity index (χ1) is 9.46. The molecule has 1 aliphatic rings. The number of carbonyl (C=O) groups is 2. The van der Waals surface area contributed by atoms with E-state index < -0.39 is 5.97 Å². The average Bonchev–Trinajstić information content (AvgIpc) is 2.33. The van der Waals surface area contributed by atoms with Crippen LogP contribution in [0.25, 0.3) is 0 Å². The van der Waals surface area contributed by atoms with E-state index >= 15 is 0 Å². The number of hydrogen-bond donors (Lipinski definition) is 3. The van der Waals surface area contributed by atoms with Crippen molar-refractivity contribution in [1.82, 2.24) is 0 Å². The number of aromatic carboxylic acids is 1. The van der Waals surface area contributed by atoms with Crippen molar-refractivity contribution in [2.45, 2.75) is 25.7 Å². The fourth-order valence-electron chi connectivity index (χ4n) is 2.44. The number of carbonyl (C=O) groups excluding carboxylic acids is 1. The van der Waals surface area contributed by atoms with Gasteiger partial charge in [-0.25, -0.2) is 4.79 Å². The zero-order chi connectivity index (χ0) is 14.8. The van der Waals surface area contributed by atoms with Gasteiger partial charge < -0.3 is 16.2 Å². The summed E-state index contributed by atoms with van der Waals surface area (Å²) in [6.07, 6.45) is 3.47. The van der Waals surface area contributed by atoms with Crippen LogP contribution in [0.4, 0.5) is 5.69 Å². The van der Waals surface area contributed by atoms with Gasteiger partial charge in [-0.2, -0.15) is 0 Å². The van der Waals surface area contributed by atoms with Crippen molar-refractivity contribution in [3.8, 4) is 0 Å². The van der Waals surface area contributed by atoms with Gasteiger partial charge in [0.05, 0.1) is 10.6 Å². The zero-order valence-corrected chi connectivity index (χ0v) is 11.7. The molecule has 2 rings (SSSR count). The van der Waals surface area contributed by atoms with Crippen LogP contribution in [0, 0.1) is 5.41 Å². The molecule has 0 spiro atoms. The molecule has 1 aliphatic carbocycles. The predicted molar refractivity (Wildman–Crippen MR) is 77.0 cm³/mol. The standard InChI is InChI=1S/C14H17ClN2O3/c15-11-6-9(2-3-10(11)13(19)20)17-12(18)7-14(8-16)4-1-5-14/h2-3,6H,1,4-5,7-8,16H2,(H,17,18)(H,19,20). The molecule has 0 bridgehead atoms. The number of nitrogens with one attached hydrogen (secondary N) is 1. The molecule has 20 heavy (non-hydrogen) atoms. The fourth-order valence-corrected chi connectivity index (χ4v) is 2.70. The van der Waals surface area contributed by atoms with E-state index in [0.717, 1.165) is 19.3 Å². The molecule has 0 radical (unpaired) electrons. The quantitative estimate of drug-likeness (QED) is 0.778. The Kier molecular flexibility index (Phi) is 4.30. The molecule has 1 aromatic rings. The van der Waals surface area contributed by atoms with Crippen molar-refractivity contribution in [3.63, 3.8) is 0 Å². The summed E-state index contributed by atoms with van der Waals surface area (Å²) in [6, 6.07) is 4.35. The summed E-state index contributed by atoms with van der Waals surface area (Å²) in [5.74, 6) is -1.21. The van der Waals surface area contributed by atoms with Crippen molar-refractivity contribution in [1.29, 1.82) is 0 Å². The number of anilines is 1. The summed E-state index contributed by atoms with van der Waals surface area (Å²) < 4.78 is 0. The lowest BCUT2D eigenvalue weighted by Crippen LogP contribution is -2.40. The Morgan fingerprint density at radius 2 is 2.10 bits per heavy atom. The van der Waals surface area contributed by atoms with Crippen molar-refractivity contribution in [3.05, 3.63) is 28.8 Å². The minimum atomic E-state index is -1.09. The monoisotopic (exact) mass is 296 g/mol. The van der Waals surface area contributed by atoms with Gasteiger partial charge >= 0.3 is 5.97 Å². The van der Waals surface area contributed by atoms with Gasteiger partial charge in [-0.1, -0.05) is 18.0 Å². The van der Waals surface area contributed by atoms with Crippen LogP contribution in [0.2, 0.25) is 5.02 Å². The van der Waals surface area contributed by atoms with Gasteiger partial charge in [-0.3, -0.25) is 4.79 Å². The molecule has 0 heterocycles. The number of halogens is 1. The van der Waals surface area contributed by atoms with E-state index in [9.17, 15) is 9.59 Å². The molecular weight excluding hydrogens is 280 g/mol. The van der Waals surface area contributed by atoms with E-state index in [1.807, 2.05) is 0 Å². The molecule has 0 atom stereocenters. The highest BCUT2D eigenvalue weighted by Gasteiger charge is 2.37. The van der Waals surface area contributed by atoms with Crippen LogP contribution < -0.4 is 11.1 Å². The van der Waals surface area contributed by atoms with E-state index in [4.69, 9.17) is 22.4 Å². The molecule has 6 heteroatoms. The SMILES string of the molecule is NCC1(CC(=O)Nc2ccc(C(=O)O)c(Cl)c2)CCC1. The van der Waals surface area contributed by atoms with Gasteiger partial charge in [0, 0.05) is 12.1 Å². The summed E-state index contributed by atoms with van der Waals surface area (Å²) in [5.41, 5.74) is 6.17. The summed E-state index contributed by atoms with van der Waals surface area (Å²) >= 11 is 5.85. The van der Waals surface area contributed by atoms with E-state index in [0.29, 0.717) is 18.7 Å². The third kappa shape index (κ3) is 3.11. The maximum absolute atomic E-state index is 12.0. The molecule has 0 saturated heterocycles. The Hall–Kier alpha value is -1.59. The van der Waals surface area contributed by atoms with Gasteiger partial charge in [0.2, 0.25) is 5.91 Å². The number of benzene rings is 1. The normalized spacial score (nSPS) is 16.3. The highest BCUT2D eigenvalue weighted by Crippen LogP contribution is 2.43. The molecule has 1 amide bonds. The minimum Gasteiger partial charge on any atom is -0.478 e. The third-order valence-electron chi connectivity index (χ3n) is 3.87. The Balaban J connectivity index is 2.01. The molecule has 0 unspecified atom stereocenters. The molecular formula is C14H17ClN2O3. The molecule has 1 aromatic carbocycles. The topological polar surface area (TPSA) is 92.4 Å². The van der Waals surface area contributed by atoms with Crippen molar-refractivity contribution >= 4 is 29.2 Å². The van der Waals surface area contributed by atoms with Crippen LogP contribution in [0.3, 0.4) is 0 Å². The molecule has 4 N–H and O–H groups in total. The minimum absolute atomic E-state index is 0.0158. The highest BCUT2D eigenvalue weighted by molar-refractivity contribution is 6.33. The van der Waals surface area contributed by atoms with Crippen molar-refractivity contribution in [2.24, 2.45) is 11.1 Å². The zero-order valence-electron chi connectivity index (χ0n) is 11.0. The second kappa shape index (κ2) is 5.81. The van der Waals surface area contributed by atoms with E-state index in [-0.39, 0.29) is 21.9 Å². The first-order valence-corrected chi connectivity index (χ1v) is 6.86. The predicted octanol–water partition coefficient (Wildman–Crippen LogP) is 2.50. The molecule has 1 saturated carbocycles. The second-order valence-corrected chi connectivity index (χ2v) is 5.69. The van der Waals surface area contributed by atoms with E-state index in [1.54, 1.807) is 0 Å². The van der Waals surface area contributed by atoms with Crippen LogP contribution in [-0.2, 0) is 4.79 Å². The molecule has 108 valence electrons. The summed E-state index contributed by atoms with van der Waals surface area (Å²) in [5, 5.41) is 11.7. The number of carboxylic acids is 1. The molecule has 1 fully saturated rings. The maximum atomic E-state index is 12.0. The first-order valence-electron chi connectivity index (χ1n) is 6.48. The number of hydrogen-bond acceptors (Lipinski definition) is 3. The fraction of sp³-hybridized carbons (Fsp3) is 0.429. The van der Waals surface area contributed by atoms with Gasteiger partial charge in [-0.15, -0.1) is 0 Å². The van der Waals surface area contributed by atoms with Crippen LogP contribution >= 0.6 is 11.6 Å². The van der Waals surface area contributed by atoms with Crippen LogP contribution in [-0.4, -0.2) is 23.5 Å². The number of nitrogens with two attached hydrogens (primary N) is 1. The first kappa shape index (κ1) is 14.8. The van der Waals surface area contributed by atoms with Gasteiger partial charge in [0.25, 0.3) is 0 Å². The molecule has 0 aliphatic heterocycles. The molecule has 5 nitrogen and oxygen atoms in total. The van der Waals surface area contributed by atoms with Crippen molar-refractivity contribution in [2.75, 3.05) is 11.9 Å². The average molecular weight is 297 g/mol. The van der Waals surface area contributed by atoms with Gasteiger partial charge in [0.15, 0.2) is 0 Å². The maximum Gasteiger partial charge on any atom is 0.337 e. The van der Waals surface area contributed by atoms with Crippen LogP contribution in [0.5, 0.6) is 0 Å². The number of carboxylic acid groups (broad SMARTS) is 1. The Labute approximate surface area is 122 Å². The summed E-state index contributed by atoms with van der Waals surface area (Å²) in [4.78, 5) is 22.8. The lowest BCUT2D eigenvalue weighted by atomic mass is 9.66. The largest absolute Gasteiger partial charge is 0.478 e. The van der Waals surface area contributed by atoms with Crippen molar-refractivity contribution < 1.29 is 14.7 Å². The lowest BCUT2D eigenvalue weighted by molar-refractivity contribution is -0.119. The summed E-state index contributed by atoms with van der Waals surface area (Å²) in [6.45, 7) is 0.513. The highest BCUT2D eigenvalue weighted by atomic mass is 35.5. The number of rotatable bonds is 5. The second-order valence-electron chi connectivity index (χ2n) is 5.28. The Bertz CT molecular complexity index is 536. The Morgan fingerprint density at radius 1 is 1.40 bits per heavy atom. The smallest absolute Gasteiger partial charge is 0.337 e. The van der Waals surface area contributed by atoms with Gasteiger partial charge in [-0.05, 0) is 43.0 Å². The third-order valence-corrected chi connectivity index (χ3v) is 4.18. The Morgan fingerprint density at radius 3 is 2.55 bits per heavy atom. The van der Waals surface area contributed by atoms with E-state index in [1.165, 1.54) is 18.2 Å². The van der Waals surface area contributed by atoms with Crippen LogP contribution in [0.15, 0.2) is 18.2 Å². The summed E-state index contributed by atoms with van der Waals surface area (Å²) in [7, 11) is 0. The molecule has 0 aromatic heterocycles. The van der Waals surface area contributed by atoms with Crippen LogP contribution in [0.1, 0.15) is 36.0 Å². The van der Waals surface area contributed by atoms with Gasteiger partial charge in [0.1, 0.15) is 0 Å². The number of amides is 1. The van der Waals surface area contributed by atoms with E-state index in [2.05, 4.69) is 5.32 Å².